The van der Waals surface area contributed by atoms with Gasteiger partial charge in [-0.2, -0.15) is 0 Å². The number of furan rings is 1. The largest absolute Gasteiger partial charge is 0.447 e. The van der Waals surface area contributed by atoms with Crippen LogP contribution in [0.15, 0.2) is 21.6 Å². The van der Waals surface area contributed by atoms with Crippen LogP contribution in [0.2, 0.25) is 0 Å². The molecule has 1 aliphatic carbocycles. The number of hydrogen-bond donors (Lipinski definition) is 2. The van der Waals surface area contributed by atoms with Gasteiger partial charge in [0.1, 0.15) is 5.76 Å². The number of primary sulfonamides is 1. The molecule has 6 heteroatoms. The highest BCUT2D eigenvalue weighted by atomic mass is 32.2. The minimum Gasteiger partial charge on any atom is -0.447 e. The Balaban J connectivity index is 1.85. The summed E-state index contributed by atoms with van der Waals surface area (Å²) in [4.78, 5) is 0. The molecular weight excluding hydrogens is 252 g/mol. The molecule has 0 aromatic carbocycles. The van der Waals surface area contributed by atoms with E-state index in [4.69, 9.17) is 9.56 Å². The molecule has 0 radical (unpaired) electrons. The average molecular weight is 272 g/mol. The van der Waals surface area contributed by atoms with Gasteiger partial charge >= 0.3 is 0 Å². The first kappa shape index (κ1) is 13.6. The van der Waals surface area contributed by atoms with E-state index in [1.54, 1.807) is 6.07 Å². The van der Waals surface area contributed by atoms with Gasteiger partial charge in [-0.05, 0) is 43.7 Å². The smallest absolute Gasteiger partial charge is 0.271 e. The zero-order chi connectivity index (χ0) is 13.2. The summed E-state index contributed by atoms with van der Waals surface area (Å²) in [5, 5.41) is 8.21. The predicted octanol–water partition coefficient (Wildman–Crippen LogP) is 1.60. The van der Waals surface area contributed by atoms with Crippen LogP contribution in [0, 0.1) is 5.92 Å². The molecular formula is C12H20N2O3S. The van der Waals surface area contributed by atoms with Crippen LogP contribution in [0.4, 0.5) is 0 Å². The highest BCUT2D eigenvalue weighted by molar-refractivity contribution is 7.89. The van der Waals surface area contributed by atoms with Gasteiger partial charge in [-0.3, -0.25) is 0 Å². The summed E-state index contributed by atoms with van der Waals surface area (Å²) in [6.45, 7) is 2.83. The molecule has 0 bridgehead atoms. The molecule has 1 aliphatic rings. The van der Waals surface area contributed by atoms with Crippen molar-refractivity contribution in [1.29, 1.82) is 0 Å². The molecule has 0 saturated heterocycles. The summed E-state index contributed by atoms with van der Waals surface area (Å²) < 4.78 is 27.3. The Labute approximate surface area is 108 Å². The first-order valence-electron chi connectivity index (χ1n) is 6.30. The third kappa shape index (κ3) is 3.57. The van der Waals surface area contributed by atoms with E-state index in [0.717, 1.165) is 5.92 Å². The van der Waals surface area contributed by atoms with E-state index in [1.165, 1.54) is 31.7 Å². The van der Waals surface area contributed by atoms with Crippen molar-refractivity contribution in [1.82, 2.24) is 5.32 Å². The van der Waals surface area contributed by atoms with Crippen molar-refractivity contribution in [3.05, 3.63) is 17.9 Å². The van der Waals surface area contributed by atoms with Gasteiger partial charge in [-0.1, -0.05) is 6.92 Å². The fourth-order valence-electron chi connectivity index (χ4n) is 2.32. The molecule has 18 heavy (non-hydrogen) atoms. The molecule has 1 aromatic rings. The predicted molar refractivity (Wildman–Crippen MR) is 68.3 cm³/mol. The SMILES string of the molecule is CC1CCC(NCc2ccc(S(N)(=O)=O)o2)CC1. The summed E-state index contributed by atoms with van der Waals surface area (Å²) in [6, 6.07) is 3.55. The maximum atomic E-state index is 11.1. The van der Waals surface area contributed by atoms with Crippen LogP contribution in [-0.2, 0) is 16.6 Å². The second kappa shape index (κ2) is 5.42. The quantitative estimate of drug-likeness (QED) is 0.871. The molecule has 2 rings (SSSR count). The van der Waals surface area contributed by atoms with E-state index in [2.05, 4.69) is 12.2 Å². The molecule has 0 amide bonds. The molecule has 1 aromatic heterocycles. The Morgan fingerprint density at radius 1 is 1.33 bits per heavy atom. The summed E-state index contributed by atoms with van der Waals surface area (Å²) >= 11 is 0. The normalized spacial score (nSPS) is 25.2. The van der Waals surface area contributed by atoms with Crippen molar-refractivity contribution in [2.45, 2.75) is 50.3 Å². The van der Waals surface area contributed by atoms with Gasteiger partial charge in [0, 0.05) is 6.04 Å². The number of rotatable bonds is 4. The first-order chi connectivity index (χ1) is 8.45. The van der Waals surface area contributed by atoms with Crippen LogP contribution in [0.5, 0.6) is 0 Å². The minimum absolute atomic E-state index is 0.170. The third-order valence-corrected chi connectivity index (χ3v) is 4.28. The van der Waals surface area contributed by atoms with Crippen molar-refractivity contribution in [2.75, 3.05) is 0 Å². The number of sulfonamides is 1. The topological polar surface area (TPSA) is 85.3 Å². The number of nitrogens with two attached hydrogens (primary N) is 1. The van der Waals surface area contributed by atoms with E-state index >= 15 is 0 Å². The lowest BCUT2D eigenvalue weighted by atomic mass is 9.87. The van der Waals surface area contributed by atoms with Gasteiger partial charge in [0.05, 0.1) is 6.54 Å². The Bertz CT molecular complexity index is 487. The molecule has 0 spiro atoms. The van der Waals surface area contributed by atoms with Crippen molar-refractivity contribution >= 4 is 10.0 Å². The van der Waals surface area contributed by atoms with E-state index in [0.29, 0.717) is 18.3 Å². The lowest BCUT2D eigenvalue weighted by molar-refractivity contribution is 0.296. The Morgan fingerprint density at radius 2 is 2.00 bits per heavy atom. The van der Waals surface area contributed by atoms with Gasteiger partial charge in [-0.25, -0.2) is 13.6 Å². The van der Waals surface area contributed by atoms with Crippen LogP contribution < -0.4 is 10.5 Å². The second-order valence-electron chi connectivity index (χ2n) is 5.10. The molecule has 0 aliphatic heterocycles. The Morgan fingerprint density at radius 3 is 2.56 bits per heavy atom. The molecule has 1 fully saturated rings. The summed E-state index contributed by atoms with van der Waals surface area (Å²) in [5.41, 5.74) is 0. The van der Waals surface area contributed by atoms with Crippen LogP contribution in [0.1, 0.15) is 38.4 Å². The average Bonchev–Trinajstić information content (AvgIpc) is 2.77. The zero-order valence-corrected chi connectivity index (χ0v) is 11.4. The Kier molecular flexibility index (Phi) is 4.09. The molecule has 1 saturated carbocycles. The minimum atomic E-state index is -3.73. The van der Waals surface area contributed by atoms with E-state index in [1.807, 2.05) is 0 Å². The lowest BCUT2D eigenvalue weighted by Gasteiger charge is -2.26. The monoisotopic (exact) mass is 272 g/mol. The van der Waals surface area contributed by atoms with Crippen molar-refractivity contribution in [3.63, 3.8) is 0 Å². The maximum Gasteiger partial charge on any atom is 0.271 e. The molecule has 0 atom stereocenters. The third-order valence-electron chi connectivity index (χ3n) is 3.50. The van der Waals surface area contributed by atoms with E-state index < -0.39 is 10.0 Å². The molecule has 0 unspecified atom stereocenters. The molecule has 102 valence electrons. The summed E-state index contributed by atoms with van der Waals surface area (Å²) in [5.74, 6) is 1.43. The summed E-state index contributed by atoms with van der Waals surface area (Å²) in [7, 11) is -3.73. The Hall–Kier alpha value is -0.850. The number of hydrogen-bond acceptors (Lipinski definition) is 4. The second-order valence-corrected chi connectivity index (χ2v) is 6.60. The van der Waals surface area contributed by atoms with Crippen molar-refractivity contribution < 1.29 is 12.8 Å². The molecule has 5 nitrogen and oxygen atoms in total. The van der Waals surface area contributed by atoms with Crippen LogP contribution in [0.3, 0.4) is 0 Å². The fourth-order valence-corrected chi connectivity index (χ4v) is 2.80. The maximum absolute atomic E-state index is 11.1. The van der Waals surface area contributed by atoms with Gasteiger partial charge in [0.25, 0.3) is 10.0 Å². The highest BCUT2D eigenvalue weighted by Gasteiger charge is 2.18. The van der Waals surface area contributed by atoms with Gasteiger partial charge in [-0.15, -0.1) is 0 Å². The van der Waals surface area contributed by atoms with Crippen LogP contribution >= 0.6 is 0 Å². The van der Waals surface area contributed by atoms with E-state index in [-0.39, 0.29) is 5.09 Å². The van der Waals surface area contributed by atoms with E-state index in [9.17, 15) is 8.42 Å². The first-order valence-corrected chi connectivity index (χ1v) is 7.84. The molecule has 3 N–H and O–H groups in total. The van der Waals surface area contributed by atoms with Gasteiger partial charge in [0.15, 0.2) is 0 Å². The van der Waals surface area contributed by atoms with Gasteiger partial charge in [0.2, 0.25) is 5.09 Å². The molecule has 1 heterocycles. The van der Waals surface area contributed by atoms with Crippen molar-refractivity contribution in [3.8, 4) is 0 Å². The summed E-state index contributed by atoms with van der Waals surface area (Å²) in [6.07, 6.45) is 4.84. The highest BCUT2D eigenvalue weighted by Crippen LogP contribution is 2.23. The van der Waals surface area contributed by atoms with Crippen molar-refractivity contribution in [2.24, 2.45) is 11.1 Å². The lowest BCUT2D eigenvalue weighted by Crippen LogP contribution is -2.32. The zero-order valence-electron chi connectivity index (χ0n) is 10.6. The van der Waals surface area contributed by atoms with Crippen LogP contribution in [0.25, 0.3) is 0 Å². The standard InChI is InChI=1S/C12H20N2O3S/c1-9-2-4-10(5-3-9)14-8-11-6-7-12(17-11)18(13,15)16/h6-7,9-10,14H,2-5,8H2,1H3,(H2,13,15,16). The van der Waals surface area contributed by atoms with Gasteiger partial charge < -0.3 is 9.73 Å². The fraction of sp³-hybridized carbons (Fsp3) is 0.667. The number of nitrogens with one attached hydrogen (secondary N) is 1. The van der Waals surface area contributed by atoms with Crippen LogP contribution in [-0.4, -0.2) is 14.5 Å².